The second-order valence-electron chi connectivity index (χ2n) is 5.17. The fourth-order valence-corrected chi connectivity index (χ4v) is 2.33. The van der Waals surface area contributed by atoms with Crippen LogP contribution < -0.4 is 5.32 Å². The third-order valence-corrected chi connectivity index (χ3v) is 3.30. The van der Waals surface area contributed by atoms with Gasteiger partial charge in [0.2, 0.25) is 0 Å². The van der Waals surface area contributed by atoms with E-state index in [4.69, 9.17) is 10.4 Å². The standard InChI is InChI=1S/C12H20N4O3/c1-12(2,9-14-11(18)19)16(6-7-17)15-5-3-4-10(15)8-13/h7,10,14H,3-6,9H2,1-2H3,(H,18,19)/t10-/m0/s1. The molecule has 1 rings (SSSR count). The van der Waals surface area contributed by atoms with Gasteiger partial charge in [-0.3, -0.25) is 0 Å². The summed E-state index contributed by atoms with van der Waals surface area (Å²) in [5.41, 5.74) is -0.571. The van der Waals surface area contributed by atoms with Gasteiger partial charge in [0.05, 0.1) is 12.6 Å². The molecule has 7 nitrogen and oxygen atoms in total. The summed E-state index contributed by atoms with van der Waals surface area (Å²) in [6.07, 6.45) is 1.34. The van der Waals surface area contributed by atoms with Crippen LogP contribution in [0.4, 0.5) is 4.79 Å². The van der Waals surface area contributed by atoms with E-state index in [0.29, 0.717) is 6.54 Å². The molecule has 1 amide bonds. The first-order valence-corrected chi connectivity index (χ1v) is 6.26. The number of hydrogen-bond donors (Lipinski definition) is 2. The maximum atomic E-state index is 10.9. The molecule has 1 atom stereocenters. The summed E-state index contributed by atoms with van der Waals surface area (Å²) in [5, 5.41) is 23.8. The first-order chi connectivity index (χ1) is 8.92. The zero-order valence-corrected chi connectivity index (χ0v) is 11.3. The molecule has 0 saturated carbocycles. The van der Waals surface area contributed by atoms with E-state index in [0.717, 1.165) is 19.1 Å². The average Bonchev–Trinajstić information content (AvgIpc) is 2.81. The number of hydrogen-bond acceptors (Lipinski definition) is 5. The van der Waals surface area contributed by atoms with Crippen LogP contribution in [0.3, 0.4) is 0 Å². The highest BCUT2D eigenvalue weighted by Gasteiger charge is 2.37. The molecule has 19 heavy (non-hydrogen) atoms. The van der Waals surface area contributed by atoms with E-state index in [-0.39, 0.29) is 19.1 Å². The molecule has 2 N–H and O–H groups in total. The van der Waals surface area contributed by atoms with Crippen molar-refractivity contribution in [1.29, 1.82) is 5.26 Å². The van der Waals surface area contributed by atoms with Gasteiger partial charge in [-0.1, -0.05) is 0 Å². The highest BCUT2D eigenvalue weighted by molar-refractivity contribution is 5.64. The quantitative estimate of drug-likeness (QED) is 0.678. The van der Waals surface area contributed by atoms with Crippen molar-refractivity contribution in [2.45, 2.75) is 38.3 Å². The molecule has 0 radical (unpaired) electrons. The largest absolute Gasteiger partial charge is 0.465 e. The van der Waals surface area contributed by atoms with Gasteiger partial charge in [-0.2, -0.15) is 5.26 Å². The lowest BCUT2D eigenvalue weighted by Crippen LogP contribution is -2.60. The number of aldehydes is 1. The lowest BCUT2D eigenvalue weighted by Gasteiger charge is -2.44. The Labute approximate surface area is 112 Å². The number of nitriles is 1. The van der Waals surface area contributed by atoms with Crippen LogP contribution in [0.1, 0.15) is 26.7 Å². The van der Waals surface area contributed by atoms with Gasteiger partial charge >= 0.3 is 6.09 Å². The van der Waals surface area contributed by atoms with Crippen molar-refractivity contribution in [3.8, 4) is 6.07 Å². The minimum atomic E-state index is -1.10. The zero-order valence-electron chi connectivity index (χ0n) is 11.3. The smallest absolute Gasteiger partial charge is 0.404 e. The highest BCUT2D eigenvalue weighted by Crippen LogP contribution is 2.24. The van der Waals surface area contributed by atoms with Crippen LogP contribution in [0.15, 0.2) is 0 Å². The Kier molecular flexibility index (Phi) is 5.27. The Morgan fingerprint density at radius 2 is 2.37 bits per heavy atom. The van der Waals surface area contributed by atoms with Crippen LogP contribution in [-0.4, -0.2) is 58.7 Å². The van der Waals surface area contributed by atoms with Gasteiger partial charge in [0, 0.05) is 18.6 Å². The highest BCUT2D eigenvalue weighted by atomic mass is 16.4. The molecule has 1 aliphatic rings. The molecule has 0 bridgehead atoms. The summed E-state index contributed by atoms with van der Waals surface area (Å²) in [6.45, 7) is 4.73. The molecular formula is C12H20N4O3. The van der Waals surface area contributed by atoms with E-state index in [1.165, 1.54) is 0 Å². The van der Waals surface area contributed by atoms with Crippen LogP contribution in [-0.2, 0) is 4.79 Å². The molecule has 7 heteroatoms. The van der Waals surface area contributed by atoms with Crippen molar-refractivity contribution in [2.24, 2.45) is 0 Å². The van der Waals surface area contributed by atoms with Gasteiger partial charge < -0.3 is 15.2 Å². The third kappa shape index (κ3) is 3.91. The molecule has 0 unspecified atom stereocenters. The fraction of sp³-hybridized carbons (Fsp3) is 0.750. The van der Waals surface area contributed by atoms with E-state index < -0.39 is 11.6 Å². The Hall–Kier alpha value is -1.65. The lowest BCUT2D eigenvalue weighted by molar-refractivity contribution is -0.125. The monoisotopic (exact) mass is 268 g/mol. The molecule has 1 fully saturated rings. The van der Waals surface area contributed by atoms with Crippen LogP contribution in [0.5, 0.6) is 0 Å². The molecule has 1 heterocycles. The van der Waals surface area contributed by atoms with Gasteiger partial charge in [0.15, 0.2) is 0 Å². The number of carbonyl (C=O) groups is 2. The van der Waals surface area contributed by atoms with E-state index in [2.05, 4.69) is 11.4 Å². The first kappa shape index (κ1) is 15.4. The first-order valence-electron chi connectivity index (χ1n) is 6.26. The van der Waals surface area contributed by atoms with Gasteiger partial charge in [-0.05, 0) is 26.7 Å². The van der Waals surface area contributed by atoms with Crippen molar-refractivity contribution in [3.05, 3.63) is 0 Å². The van der Waals surface area contributed by atoms with E-state index in [1.54, 1.807) is 5.01 Å². The molecule has 1 saturated heterocycles. The summed E-state index contributed by atoms with van der Waals surface area (Å²) in [6, 6.07) is 1.98. The SMILES string of the molecule is CC(C)(CNC(=O)O)N(CC=O)N1CCC[C@H]1C#N. The summed E-state index contributed by atoms with van der Waals surface area (Å²) >= 11 is 0. The minimum absolute atomic E-state index is 0.145. The second-order valence-corrected chi connectivity index (χ2v) is 5.17. The molecule has 0 aromatic rings. The number of amides is 1. The Balaban J connectivity index is 2.83. The normalized spacial score (nSPS) is 20.2. The topological polar surface area (TPSA) is 96.7 Å². The number of nitrogens with zero attached hydrogens (tertiary/aromatic N) is 3. The lowest BCUT2D eigenvalue weighted by atomic mass is 10.0. The number of carboxylic acid groups (broad SMARTS) is 1. The number of carbonyl (C=O) groups excluding carboxylic acids is 1. The van der Waals surface area contributed by atoms with E-state index in [9.17, 15) is 9.59 Å². The molecule has 0 spiro atoms. The average molecular weight is 268 g/mol. The van der Waals surface area contributed by atoms with Crippen molar-refractivity contribution in [1.82, 2.24) is 15.3 Å². The number of rotatable bonds is 6. The van der Waals surface area contributed by atoms with Crippen molar-refractivity contribution >= 4 is 12.4 Å². The summed E-state index contributed by atoms with van der Waals surface area (Å²) < 4.78 is 0. The van der Waals surface area contributed by atoms with Crippen LogP contribution in [0.25, 0.3) is 0 Å². The van der Waals surface area contributed by atoms with Gasteiger partial charge in [-0.15, -0.1) is 0 Å². The molecule has 1 aliphatic heterocycles. The second kappa shape index (κ2) is 6.50. The summed E-state index contributed by atoms with van der Waals surface area (Å²) in [5.74, 6) is 0. The fourth-order valence-electron chi connectivity index (χ4n) is 2.33. The molecule has 0 aliphatic carbocycles. The van der Waals surface area contributed by atoms with Gasteiger partial charge in [-0.25, -0.2) is 14.8 Å². The number of nitrogens with one attached hydrogen (secondary N) is 1. The van der Waals surface area contributed by atoms with Gasteiger partial charge in [0.1, 0.15) is 12.3 Å². The molecule has 0 aromatic heterocycles. The Morgan fingerprint density at radius 1 is 1.68 bits per heavy atom. The van der Waals surface area contributed by atoms with Crippen LogP contribution in [0, 0.1) is 11.3 Å². The van der Waals surface area contributed by atoms with Crippen LogP contribution >= 0.6 is 0 Å². The molecular weight excluding hydrogens is 248 g/mol. The maximum absolute atomic E-state index is 10.9. The van der Waals surface area contributed by atoms with Gasteiger partial charge in [0.25, 0.3) is 0 Å². The summed E-state index contributed by atoms with van der Waals surface area (Å²) in [7, 11) is 0. The van der Waals surface area contributed by atoms with Crippen molar-refractivity contribution < 1.29 is 14.7 Å². The van der Waals surface area contributed by atoms with Crippen molar-refractivity contribution in [2.75, 3.05) is 19.6 Å². The Morgan fingerprint density at radius 3 is 2.89 bits per heavy atom. The zero-order chi connectivity index (χ0) is 14.5. The Bertz CT molecular complexity index is 378. The molecule has 106 valence electrons. The predicted molar refractivity (Wildman–Crippen MR) is 68.2 cm³/mol. The van der Waals surface area contributed by atoms with E-state index in [1.807, 2.05) is 18.9 Å². The number of hydrazine groups is 1. The third-order valence-electron chi connectivity index (χ3n) is 3.30. The van der Waals surface area contributed by atoms with Crippen LogP contribution in [0.2, 0.25) is 0 Å². The molecule has 0 aromatic carbocycles. The summed E-state index contributed by atoms with van der Waals surface area (Å²) in [4.78, 5) is 21.5. The van der Waals surface area contributed by atoms with E-state index >= 15 is 0 Å². The predicted octanol–water partition coefficient (Wildman–Crippen LogP) is 0.436. The maximum Gasteiger partial charge on any atom is 0.404 e. The minimum Gasteiger partial charge on any atom is -0.465 e. The van der Waals surface area contributed by atoms with Crippen molar-refractivity contribution in [3.63, 3.8) is 0 Å².